The molecule has 0 aromatic carbocycles. The third kappa shape index (κ3) is 3.30. The lowest BCUT2D eigenvalue weighted by Gasteiger charge is -2.33. The quantitative estimate of drug-likeness (QED) is 0.777. The number of ketones is 1. The Morgan fingerprint density at radius 2 is 1.73 bits per heavy atom. The minimum absolute atomic E-state index is 0.0744. The third-order valence-electron chi connectivity index (χ3n) is 3.45. The molecule has 1 saturated carbocycles. The van der Waals surface area contributed by atoms with Crippen LogP contribution in [0, 0.1) is 11.3 Å². The zero-order valence-electron chi connectivity index (χ0n) is 10.6. The van der Waals surface area contributed by atoms with Gasteiger partial charge in [0.1, 0.15) is 0 Å². The summed E-state index contributed by atoms with van der Waals surface area (Å²) in [6.07, 6.45) is 6.36. The molecule has 88 valence electrons. The lowest BCUT2D eigenvalue weighted by Crippen LogP contribution is -2.46. The van der Waals surface area contributed by atoms with E-state index >= 15 is 0 Å². The number of nitrogens with one attached hydrogen (secondary N) is 1. The fraction of sp³-hybridized carbons (Fsp3) is 0.923. The van der Waals surface area contributed by atoms with Crippen LogP contribution in [-0.4, -0.2) is 18.9 Å². The molecule has 1 rings (SSSR count). The highest BCUT2D eigenvalue weighted by atomic mass is 16.1. The summed E-state index contributed by atoms with van der Waals surface area (Å²) < 4.78 is 0. The highest BCUT2D eigenvalue weighted by Crippen LogP contribution is 2.30. The summed E-state index contributed by atoms with van der Waals surface area (Å²) in [6, 6.07) is 0.0744. The number of rotatable bonds is 3. The van der Waals surface area contributed by atoms with Gasteiger partial charge in [0.05, 0.1) is 6.04 Å². The molecule has 0 aromatic heterocycles. The van der Waals surface area contributed by atoms with Gasteiger partial charge >= 0.3 is 0 Å². The fourth-order valence-electron chi connectivity index (χ4n) is 2.51. The summed E-state index contributed by atoms with van der Waals surface area (Å²) in [6.45, 7) is 6.05. The van der Waals surface area contributed by atoms with E-state index in [1.54, 1.807) is 0 Å². The largest absolute Gasteiger partial charge is 0.310 e. The molecule has 2 nitrogen and oxygen atoms in total. The molecule has 0 saturated heterocycles. The summed E-state index contributed by atoms with van der Waals surface area (Å²) in [7, 11) is 1.92. The minimum Gasteiger partial charge on any atom is -0.310 e. The SMILES string of the molecule is CNC(C(=O)C(C)(C)C)C1CCCCC1. The van der Waals surface area contributed by atoms with Crippen LogP contribution < -0.4 is 5.32 Å². The maximum absolute atomic E-state index is 12.2. The van der Waals surface area contributed by atoms with Gasteiger partial charge in [-0.05, 0) is 25.8 Å². The number of hydrogen-bond donors (Lipinski definition) is 1. The van der Waals surface area contributed by atoms with Gasteiger partial charge in [-0.15, -0.1) is 0 Å². The molecule has 15 heavy (non-hydrogen) atoms. The molecular formula is C13H25NO. The van der Waals surface area contributed by atoms with Crippen LogP contribution in [-0.2, 0) is 4.79 Å². The van der Waals surface area contributed by atoms with Gasteiger partial charge in [-0.2, -0.15) is 0 Å². The molecule has 1 unspecified atom stereocenters. The monoisotopic (exact) mass is 211 g/mol. The molecule has 1 N–H and O–H groups in total. The molecule has 0 bridgehead atoms. The standard InChI is InChI=1S/C13H25NO/c1-13(2,3)12(15)11(14-4)10-8-6-5-7-9-10/h10-11,14H,5-9H2,1-4H3. The van der Waals surface area contributed by atoms with Gasteiger partial charge in [-0.1, -0.05) is 40.0 Å². The fourth-order valence-corrected chi connectivity index (χ4v) is 2.51. The van der Waals surface area contributed by atoms with Crippen molar-refractivity contribution in [3.63, 3.8) is 0 Å². The van der Waals surface area contributed by atoms with Crippen LogP contribution in [0.15, 0.2) is 0 Å². The topological polar surface area (TPSA) is 29.1 Å². The Morgan fingerprint density at radius 3 is 2.13 bits per heavy atom. The van der Waals surface area contributed by atoms with E-state index in [0.717, 1.165) is 0 Å². The van der Waals surface area contributed by atoms with Crippen LogP contribution in [0.3, 0.4) is 0 Å². The highest BCUT2D eigenvalue weighted by molar-refractivity contribution is 5.89. The molecular weight excluding hydrogens is 186 g/mol. The van der Waals surface area contributed by atoms with E-state index in [9.17, 15) is 4.79 Å². The number of Topliss-reactive ketones (excluding diaryl/α,β-unsaturated/α-hetero) is 1. The van der Waals surface area contributed by atoms with Gasteiger partial charge in [-0.3, -0.25) is 4.79 Å². The molecule has 1 aliphatic rings. The second kappa shape index (κ2) is 5.11. The van der Waals surface area contributed by atoms with Crippen LogP contribution in [0.25, 0.3) is 0 Å². The van der Waals surface area contributed by atoms with E-state index < -0.39 is 0 Å². The summed E-state index contributed by atoms with van der Waals surface area (Å²) >= 11 is 0. The number of hydrogen-bond acceptors (Lipinski definition) is 2. The Bertz CT molecular complexity index is 211. The third-order valence-corrected chi connectivity index (χ3v) is 3.45. The summed E-state index contributed by atoms with van der Waals surface area (Å²) in [4.78, 5) is 12.2. The van der Waals surface area contributed by atoms with Crippen molar-refractivity contribution in [1.82, 2.24) is 5.32 Å². The predicted molar refractivity (Wildman–Crippen MR) is 63.9 cm³/mol. The van der Waals surface area contributed by atoms with Crippen molar-refractivity contribution in [2.75, 3.05) is 7.05 Å². The molecule has 0 heterocycles. The molecule has 1 fully saturated rings. The van der Waals surface area contributed by atoms with Crippen LogP contribution in [0.1, 0.15) is 52.9 Å². The van der Waals surface area contributed by atoms with Crippen molar-refractivity contribution in [1.29, 1.82) is 0 Å². The zero-order chi connectivity index (χ0) is 11.5. The summed E-state index contributed by atoms with van der Waals surface area (Å²) in [5.41, 5.74) is -0.217. The zero-order valence-corrected chi connectivity index (χ0v) is 10.6. The van der Waals surface area contributed by atoms with E-state index in [1.807, 2.05) is 27.8 Å². The molecule has 0 radical (unpaired) electrons. The van der Waals surface area contributed by atoms with Gasteiger partial charge in [0.15, 0.2) is 5.78 Å². The van der Waals surface area contributed by atoms with Crippen molar-refractivity contribution < 1.29 is 4.79 Å². The van der Waals surface area contributed by atoms with E-state index in [-0.39, 0.29) is 11.5 Å². The lowest BCUT2D eigenvalue weighted by molar-refractivity contribution is -0.130. The van der Waals surface area contributed by atoms with Gasteiger partial charge in [0, 0.05) is 5.41 Å². The van der Waals surface area contributed by atoms with Crippen molar-refractivity contribution in [3.05, 3.63) is 0 Å². The van der Waals surface area contributed by atoms with E-state index in [1.165, 1.54) is 32.1 Å². The van der Waals surface area contributed by atoms with Gasteiger partial charge in [-0.25, -0.2) is 0 Å². The predicted octanol–water partition coefficient (Wildman–Crippen LogP) is 2.77. The van der Waals surface area contributed by atoms with Gasteiger partial charge < -0.3 is 5.32 Å². The Balaban J connectivity index is 2.65. The Kier molecular flexibility index (Phi) is 4.32. The average molecular weight is 211 g/mol. The van der Waals surface area contributed by atoms with Crippen molar-refractivity contribution in [2.45, 2.75) is 58.9 Å². The van der Waals surface area contributed by atoms with Crippen LogP contribution >= 0.6 is 0 Å². The Labute approximate surface area is 93.8 Å². The minimum atomic E-state index is -0.217. The molecule has 0 aliphatic heterocycles. The van der Waals surface area contributed by atoms with E-state index in [4.69, 9.17) is 0 Å². The molecule has 0 amide bonds. The highest BCUT2D eigenvalue weighted by Gasteiger charge is 2.34. The number of carbonyl (C=O) groups is 1. The Morgan fingerprint density at radius 1 is 1.20 bits per heavy atom. The van der Waals surface area contributed by atoms with Crippen molar-refractivity contribution in [2.24, 2.45) is 11.3 Å². The second-order valence-corrected chi connectivity index (χ2v) is 5.78. The van der Waals surface area contributed by atoms with Crippen LogP contribution in [0.4, 0.5) is 0 Å². The first kappa shape index (κ1) is 12.7. The van der Waals surface area contributed by atoms with E-state index in [0.29, 0.717) is 11.7 Å². The summed E-state index contributed by atoms with van der Waals surface area (Å²) in [5.74, 6) is 0.937. The van der Waals surface area contributed by atoms with Crippen molar-refractivity contribution in [3.8, 4) is 0 Å². The first-order valence-corrected chi connectivity index (χ1v) is 6.18. The Hall–Kier alpha value is -0.370. The molecule has 2 heteroatoms. The lowest BCUT2D eigenvalue weighted by atomic mass is 9.76. The first-order chi connectivity index (χ1) is 6.96. The maximum Gasteiger partial charge on any atom is 0.155 e. The number of carbonyl (C=O) groups excluding carboxylic acids is 1. The normalized spacial score (nSPS) is 21.3. The van der Waals surface area contributed by atoms with Crippen LogP contribution in [0.2, 0.25) is 0 Å². The van der Waals surface area contributed by atoms with Crippen molar-refractivity contribution >= 4 is 5.78 Å². The molecule has 0 aromatic rings. The first-order valence-electron chi connectivity index (χ1n) is 6.18. The number of likely N-dealkylation sites (N-methyl/N-ethyl adjacent to an activating group) is 1. The molecule has 1 atom stereocenters. The van der Waals surface area contributed by atoms with E-state index in [2.05, 4.69) is 5.32 Å². The average Bonchev–Trinajstić information content (AvgIpc) is 2.19. The molecule has 1 aliphatic carbocycles. The summed E-state index contributed by atoms with van der Waals surface area (Å²) in [5, 5.41) is 3.23. The van der Waals surface area contributed by atoms with Gasteiger partial charge in [0.2, 0.25) is 0 Å². The van der Waals surface area contributed by atoms with Crippen LogP contribution in [0.5, 0.6) is 0 Å². The van der Waals surface area contributed by atoms with Gasteiger partial charge in [0.25, 0.3) is 0 Å². The maximum atomic E-state index is 12.2. The smallest absolute Gasteiger partial charge is 0.155 e. The molecule has 0 spiro atoms. The second-order valence-electron chi connectivity index (χ2n) is 5.78.